The third-order valence-corrected chi connectivity index (χ3v) is 3.70. The van der Waals surface area contributed by atoms with Crippen molar-refractivity contribution in [3.05, 3.63) is 34.3 Å². The Labute approximate surface area is 142 Å². The molecule has 1 aromatic rings. The van der Waals surface area contributed by atoms with E-state index in [0.717, 1.165) is 10.0 Å². The van der Waals surface area contributed by atoms with Gasteiger partial charge in [0.25, 0.3) is 0 Å². The van der Waals surface area contributed by atoms with Crippen LogP contribution in [0.25, 0.3) is 0 Å². The number of carbonyl (C=O) groups is 1. The molecule has 1 amide bonds. The van der Waals surface area contributed by atoms with Crippen LogP contribution in [0, 0.1) is 0 Å². The van der Waals surface area contributed by atoms with E-state index in [1.807, 2.05) is 52.9 Å². The minimum Gasteiger partial charge on any atom is -0.394 e. The molecule has 0 aliphatic carbocycles. The summed E-state index contributed by atoms with van der Waals surface area (Å²) in [6.45, 7) is 6.16. The monoisotopic (exact) mass is 369 g/mol. The van der Waals surface area contributed by atoms with E-state index >= 15 is 0 Å². The van der Waals surface area contributed by atoms with Crippen molar-refractivity contribution in [1.82, 2.24) is 5.32 Å². The van der Waals surface area contributed by atoms with Crippen LogP contribution < -0.4 is 5.32 Å². The van der Waals surface area contributed by atoms with Crippen molar-refractivity contribution in [1.29, 1.82) is 0 Å². The third kappa shape index (κ3) is 7.43. The topological polar surface area (TPSA) is 58.6 Å². The molecule has 0 spiro atoms. The molecule has 0 aromatic heterocycles. The van der Waals surface area contributed by atoms with Crippen molar-refractivity contribution in [3.63, 3.8) is 0 Å². The Morgan fingerprint density at radius 1 is 1.36 bits per heavy atom. The Kier molecular flexibility index (Phi) is 7.59. The van der Waals surface area contributed by atoms with Gasteiger partial charge in [-0.25, -0.2) is 0 Å². The van der Waals surface area contributed by atoms with Crippen LogP contribution in [0.2, 0.25) is 5.82 Å². The fourth-order valence-electron chi connectivity index (χ4n) is 1.86. The lowest BCUT2D eigenvalue weighted by Gasteiger charge is -2.24. The van der Waals surface area contributed by atoms with Gasteiger partial charge in [-0.2, -0.15) is 0 Å². The highest BCUT2D eigenvalue weighted by Gasteiger charge is 2.20. The van der Waals surface area contributed by atoms with Gasteiger partial charge >= 0.3 is 0 Å². The Hall–Kier alpha value is -0.845. The number of aliphatic hydroxyl groups is 1. The van der Waals surface area contributed by atoms with Gasteiger partial charge in [-0.1, -0.05) is 28.1 Å². The maximum absolute atomic E-state index is 12.2. The molecule has 0 aliphatic heterocycles. The summed E-state index contributed by atoms with van der Waals surface area (Å²) < 4.78 is 6.64. The molecular formula is C16H25BBrNO3. The van der Waals surface area contributed by atoms with Crippen LogP contribution in [-0.4, -0.2) is 43.7 Å². The molecule has 0 saturated heterocycles. The first-order valence-electron chi connectivity index (χ1n) is 7.51. The van der Waals surface area contributed by atoms with E-state index in [4.69, 9.17) is 4.74 Å². The molecule has 22 heavy (non-hydrogen) atoms. The summed E-state index contributed by atoms with van der Waals surface area (Å²) in [6.07, 6.45) is 0.600. The number of ether oxygens (including phenoxy) is 1. The summed E-state index contributed by atoms with van der Waals surface area (Å²) in [5, 5.41) is 12.4. The summed E-state index contributed by atoms with van der Waals surface area (Å²) in [4.78, 5) is 12.2. The van der Waals surface area contributed by atoms with Crippen LogP contribution in [-0.2, 0) is 16.0 Å². The average molecular weight is 370 g/mol. The largest absolute Gasteiger partial charge is 0.394 e. The zero-order chi connectivity index (χ0) is 16.8. The number of halogens is 1. The molecule has 6 heteroatoms. The van der Waals surface area contributed by atoms with Crippen molar-refractivity contribution < 1.29 is 14.6 Å². The number of benzene rings is 1. The minimum atomic E-state index is -0.286. The van der Waals surface area contributed by atoms with E-state index in [1.165, 1.54) is 0 Å². The molecule has 0 bridgehead atoms. The van der Waals surface area contributed by atoms with Gasteiger partial charge in [0.05, 0.1) is 24.9 Å². The van der Waals surface area contributed by atoms with Crippen LogP contribution in [0.3, 0.4) is 0 Å². The first kappa shape index (κ1) is 19.2. The molecule has 0 radical (unpaired) electrons. The minimum absolute atomic E-state index is 0.0886. The Morgan fingerprint density at radius 3 is 2.45 bits per heavy atom. The van der Waals surface area contributed by atoms with Crippen LogP contribution in [0.1, 0.15) is 26.3 Å². The summed E-state index contributed by atoms with van der Waals surface area (Å²) in [5.41, 5.74) is 0.809. The van der Waals surface area contributed by atoms with Gasteiger partial charge in [-0.3, -0.25) is 4.79 Å². The first-order valence-corrected chi connectivity index (χ1v) is 8.30. The number of nitrogens with one attached hydrogen (secondary N) is 1. The summed E-state index contributed by atoms with van der Waals surface area (Å²) in [6, 6.07) is 7.57. The van der Waals surface area contributed by atoms with E-state index in [9.17, 15) is 9.90 Å². The van der Waals surface area contributed by atoms with Crippen LogP contribution in [0.4, 0.5) is 0 Å². The van der Waals surface area contributed by atoms with E-state index in [0.29, 0.717) is 13.0 Å². The van der Waals surface area contributed by atoms with Crippen LogP contribution in [0.15, 0.2) is 28.7 Å². The van der Waals surface area contributed by atoms with Crippen LogP contribution >= 0.6 is 15.9 Å². The van der Waals surface area contributed by atoms with Crippen molar-refractivity contribution >= 4 is 29.7 Å². The predicted molar refractivity (Wildman–Crippen MR) is 94.9 cm³/mol. The zero-order valence-corrected chi connectivity index (χ0v) is 15.3. The highest BCUT2D eigenvalue weighted by Crippen LogP contribution is 2.13. The van der Waals surface area contributed by atoms with E-state index < -0.39 is 0 Å². The highest BCUT2D eigenvalue weighted by molar-refractivity contribution is 9.10. The molecule has 4 nitrogen and oxygen atoms in total. The molecule has 1 aromatic carbocycles. The molecule has 0 fully saturated rings. The Morgan fingerprint density at radius 2 is 1.95 bits per heavy atom. The molecule has 1 unspecified atom stereocenters. The molecule has 0 aliphatic rings. The van der Waals surface area contributed by atoms with Gasteiger partial charge in [0.2, 0.25) is 5.91 Å². The molecule has 0 heterocycles. The van der Waals surface area contributed by atoms with E-state index in [1.54, 1.807) is 0 Å². The van der Waals surface area contributed by atoms with Gasteiger partial charge in [-0.15, -0.1) is 0 Å². The SMILES string of the molecule is B[C@H](COC(C)(C)C)C(=O)NC(CO)Cc1ccc(Br)cc1. The zero-order valence-electron chi connectivity index (χ0n) is 13.7. The summed E-state index contributed by atoms with van der Waals surface area (Å²) in [5.74, 6) is -0.349. The average Bonchev–Trinajstić information content (AvgIpc) is 2.45. The second-order valence-corrected chi connectivity index (χ2v) is 7.46. The number of amides is 1. The standard InChI is InChI=1S/C16H25BBrNO3/c1-16(2,3)22-10-14(17)15(21)19-13(9-20)8-11-4-6-12(18)7-5-11/h4-7,13-14,20H,8-10,17H2,1-3H3,(H,19,21)/t13?,14-/m1/s1. The van der Waals surface area contributed by atoms with Crippen molar-refractivity contribution in [2.45, 2.75) is 44.7 Å². The van der Waals surface area contributed by atoms with E-state index in [2.05, 4.69) is 21.2 Å². The molecule has 2 atom stereocenters. The fraction of sp³-hybridized carbons (Fsp3) is 0.562. The lowest BCUT2D eigenvalue weighted by molar-refractivity contribution is -0.124. The van der Waals surface area contributed by atoms with Gasteiger partial charge in [0, 0.05) is 10.3 Å². The molecule has 1 rings (SSSR count). The van der Waals surface area contributed by atoms with Gasteiger partial charge in [0.15, 0.2) is 0 Å². The maximum Gasteiger partial charge on any atom is 0.217 e. The number of rotatable bonds is 7. The first-order chi connectivity index (χ1) is 10.2. The number of hydrogen-bond donors (Lipinski definition) is 2. The maximum atomic E-state index is 12.2. The Balaban J connectivity index is 2.50. The Bertz CT molecular complexity index is 473. The number of carbonyl (C=O) groups excluding carboxylic acids is 1. The summed E-state index contributed by atoms with van der Waals surface area (Å²) in [7, 11) is 1.83. The number of aliphatic hydroxyl groups excluding tert-OH is 1. The normalized spacial score (nSPS) is 14.4. The van der Waals surface area contributed by atoms with Gasteiger partial charge < -0.3 is 15.2 Å². The highest BCUT2D eigenvalue weighted by atomic mass is 79.9. The lowest BCUT2D eigenvalue weighted by Crippen LogP contribution is -2.42. The van der Waals surface area contributed by atoms with Gasteiger partial charge in [-0.05, 0) is 44.9 Å². The van der Waals surface area contributed by atoms with Crippen molar-refractivity contribution in [2.24, 2.45) is 0 Å². The predicted octanol–water partition coefficient (Wildman–Crippen LogP) is 1.71. The molecule has 2 N–H and O–H groups in total. The fourth-order valence-corrected chi connectivity index (χ4v) is 2.12. The van der Waals surface area contributed by atoms with Gasteiger partial charge in [0.1, 0.15) is 7.85 Å². The molecule has 0 saturated carbocycles. The molecule has 122 valence electrons. The third-order valence-electron chi connectivity index (χ3n) is 3.18. The van der Waals surface area contributed by atoms with Crippen molar-refractivity contribution in [2.75, 3.05) is 13.2 Å². The van der Waals surface area contributed by atoms with Crippen molar-refractivity contribution in [3.8, 4) is 0 Å². The number of hydrogen-bond acceptors (Lipinski definition) is 3. The molecular weight excluding hydrogens is 345 g/mol. The quantitative estimate of drug-likeness (QED) is 0.719. The van der Waals surface area contributed by atoms with E-state index in [-0.39, 0.29) is 30.0 Å². The smallest absolute Gasteiger partial charge is 0.217 e. The second-order valence-electron chi connectivity index (χ2n) is 6.54. The van der Waals surface area contributed by atoms with Crippen LogP contribution in [0.5, 0.6) is 0 Å². The lowest BCUT2D eigenvalue weighted by atomic mass is 9.87. The second kappa shape index (κ2) is 8.70. The summed E-state index contributed by atoms with van der Waals surface area (Å²) >= 11 is 3.39.